The maximum atomic E-state index is 12.1. The van der Waals surface area contributed by atoms with Gasteiger partial charge in [0.2, 0.25) is 0 Å². The number of benzene rings is 1. The van der Waals surface area contributed by atoms with E-state index < -0.39 is 0 Å². The van der Waals surface area contributed by atoms with E-state index in [0.29, 0.717) is 5.56 Å². The fraction of sp³-hybridized carbons (Fsp3) is 0.375. The maximum absolute atomic E-state index is 12.1. The van der Waals surface area contributed by atoms with Gasteiger partial charge in [-0.15, -0.1) is 0 Å². The van der Waals surface area contributed by atoms with Crippen molar-refractivity contribution in [2.75, 3.05) is 6.54 Å². The van der Waals surface area contributed by atoms with Gasteiger partial charge in [-0.05, 0) is 25.5 Å². The van der Waals surface area contributed by atoms with Crippen molar-refractivity contribution < 1.29 is 4.79 Å². The Hall–Kier alpha value is -1.90. The Morgan fingerprint density at radius 1 is 1.26 bits per heavy atom. The van der Waals surface area contributed by atoms with Crippen LogP contribution in [-0.4, -0.2) is 17.4 Å². The van der Waals surface area contributed by atoms with Crippen LogP contribution in [0.3, 0.4) is 0 Å². The molecule has 1 aromatic carbocycles. The van der Waals surface area contributed by atoms with E-state index in [9.17, 15) is 4.79 Å². The van der Waals surface area contributed by atoms with E-state index in [1.807, 2.05) is 37.3 Å². The second-order valence-electron chi connectivity index (χ2n) is 4.78. The number of nitrogens with zero attached hydrogens (tertiary/aromatic N) is 1. The van der Waals surface area contributed by atoms with E-state index in [-0.39, 0.29) is 5.91 Å². The standard InChI is InChI=1S/C16H20N2O/c1-3-4-7-10-17-16(19)14-11-13-8-5-6-9-15(13)18-12(14)2/h5-6,8-9,11H,3-4,7,10H2,1-2H3,(H,17,19). The molecule has 0 aliphatic heterocycles. The summed E-state index contributed by atoms with van der Waals surface area (Å²) in [6.07, 6.45) is 3.34. The monoisotopic (exact) mass is 256 g/mol. The summed E-state index contributed by atoms with van der Waals surface area (Å²) in [5.74, 6) is -0.0214. The lowest BCUT2D eigenvalue weighted by Gasteiger charge is -2.08. The van der Waals surface area contributed by atoms with E-state index in [2.05, 4.69) is 17.2 Å². The molecule has 0 spiro atoms. The molecule has 3 heteroatoms. The number of unbranched alkanes of at least 4 members (excludes halogenated alkanes) is 2. The minimum absolute atomic E-state index is 0.0214. The van der Waals surface area contributed by atoms with Crippen molar-refractivity contribution >= 4 is 16.8 Å². The molecule has 0 aliphatic carbocycles. The Balaban J connectivity index is 2.15. The summed E-state index contributed by atoms with van der Waals surface area (Å²) in [4.78, 5) is 16.6. The highest BCUT2D eigenvalue weighted by atomic mass is 16.1. The summed E-state index contributed by atoms with van der Waals surface area (Å²) in [5, 5.41) is 3.97. The van der Waals surface area contributed by atoms with Gasteiger partial charge >= 0.3 is 0 Å². The zero-order valence-corrected chi connectivity index (χ0v) is 11.6. The number of fused-ring (bicyclic) bond motifs is 1. The van der Waals surface area contributed by atoms with E-state index in [0.717, 1.165) is 42.4 Å². The van der Waals surface area contributed by atoms with E-state index in [1.165, 1.54) is 0 Å². The molecule has 3 nitrogen and oxygen atoms in total. The highest BCUT2D eigenvalue weighted by molar-refractivity contribution is 5.98. The molecule has 0 bridgehead atoms. The van der Waals surface area contributed by atoms with Crippen molar-refractivity contribution in [2.45, 2.75) is 33.1 Å². The normalized spacial score (nSPS) is 10.6. The fourth-order valence-corrected chi connectivity index (χ4v) is 2.11. The molecule has 1 heterocycles. The van der Waals surface area contributed by atoms with E-state index in [4.69, 9.17) is 0 Å². The van der Waals surface area contributed by atoms with Crippen molar-refractivity contribution in [1.82, 2.24) is 10.3 Å². The molecule has 0 aliphatic rings. The molecule has 0 fully saturated rings. The number of hydrogen-bond donors (Lipinski definition) is 1. The number of aromatic nitrogens is 1. The highest BCUT2D eigenvalue weighted by Gasteiger charge is 2.10. The number of nitrogens with one attached hydrogen (secondary N) is 1. The van der Waals surface area contributed by atoms with Crippen LogP contribution in [0.1, 0.15) is 42.2 Å². The van der Waals surface area contributed by atoms with E-state index in [1.54, 1.807) is 0 Å². The van der Waals surface area contributed by atoms with Crippen molar-refractivity contribution in [1.29, 1.82) is 0 Å². The molecule has 19 heavy (non-hydrogen) atoms. The van der Waals surface area contributed by atoms with Gasteiger partial charge in [-0.1, -0.05) is 38.0 Å². The third kappa shape index (κ3) is 3.31. The van der Waals surface area contributed by atoms with Crippen molar-refractivity contribution in [3.8, 4) is 0 Å². The molecule has 0 radical (unpaired) electrons. The molecular formula is C16H20N2O. The number of amides is 1. The molecule has 1 aromatic heterocycles. The van der Waals surface area contributed by atoms with Gasteiger partial charge in [-0.25, -0.2) is 0 Å². The summed E-state index contributed by atoms with van der Waals surface area (Å²) in [7, 11) is 0. The number of rotatable bonds is 5. The summed E-state index contributed by atoms with van der Waals surface area (Å²) in [6, 6.07) is 9.79. The third-order valence-corrected chi connectivity index (χ3v) is 3.23. The molecule has 0 saturated carbocycles. The first-order valence-electron chi connectivity index (χ1n) is 6.87. The summed E-state index contributed by atoms with van der Waals surface area (Å²) < 4.78 is 0. The molecule has 1 amide bonds. The molecule has 2 aromatic rings. The topological polar surface area (TPSA) is 42.0 Å². The Bertz CT molecular complexity index is 578. The van der Waals surface area contributed by atoms with Crippen LogP contribution >= 0.6 is 0 Å². The second-order valence-corrected chi connectivity index (χ2v) is 4.78. The minimum Gasteiger partial charge on any atom is -0.352 e. The number of aryl methyl sites for hydroxylation is 1. The molecule has 0 saturated heterocycles. The number of pyridine rings is 1. The van der Waals surface area contributed by atoms with Crippen molar-refractivity contribution in [3.63, 3.8) is 0 Å². The summed E-state index contributed by atoms with van der Waals surface area (Å²) in [5.41, 5.74) is 2.39. The van der Waals surface area contributed by atoms with Crippen LogP contribution in [0.4, 0.5) is 0 Å². The van der Waals surface area contributed by atoms with Crippen molar-refractivity contribution in [2.24, 2.45) is 0 Å². The van der Waals surface area contributed by atoms with Gasteiger partial charge in [0.1, 0.15) is 0 Å². The van der Waals surface area contributed by atoms with Crippen LogP contribution in [0.2, 0.25) is 0 Å². The van der Waals surface area contributed by atoms with Crippen molar-refractivity contribution in [3.05, 3.63) is 41.6 Å². The van der Waals surface area contributed by atoms with Crippen LogP contribution in [0.25, 0.3) is 10.9 Å². The van der Waals surface area contributed by atoms with Crippen LogP contribution in [-0.2, 0) is 0 Å². The van der Waals surface area contributed by atoms with Gasteiger partial charge in [0.25, 0.3) is 5.91 Å². The first kappa shape index (κ1) is 13.5. The molecular weight excluding hydrogens is 236 g/mol. The zero-order chi connectivity index (χ0) is 13.7. The Morgan fingerprint density at radius 2 is 2.05 bits per heavy atom. The lowest BCUT2D eigenvalue weighted by molar-refractivity contribution is 0.0952. The molecule has 0 atom stereocenters. The van der Waals surface area contributed by atoms with Gasteiger partial charge in [0.15, 0.2) is 0 Å². The van der Waals surface area contributed by atoms with Gasteiger partial charge < -0.3 is 5.32 Å². The highest BCUT2D eigenvalue weighted by Crippen LogP contribution is 2.16. The third-order valence-electron chi connectivity index (χ3n) is 3.23. The van der Waals surface area contributed by atoms with Gasteiger partial charge in [-0.2, -0.15) is 0 Å². The molecule has 2 rings (SSSR count). The SMILES string of the molecule is CCCCCNC(=O)c1cc2ccccc2nc1C. The summed E-state index contributed by atoms with van der Waals surface area (Å²) in [6.45, 7) is 4.77. The molecule has 100 valence electrons. The number of hydrogen-bond acceptors (Lipinski definition) is 2. The Kier molecular flexibility index (Phi) is 4.50. The lowest BCUT2D eigenvalue weighted by atomic mass is 10.1. The fourth-order valence-electron chi connectivity index (χ4n) is 2.11. The number of carbonyl (C=O) groups excluding carboxylic acids is 1. The van der Waals surface area contributed by atoms with Gasteiger partial charge in [-0.3, -0.25) is 9.78 Å². The van der Waals surface area contributed by atoms with Crippen LogP contribution in [0, 0.1) is 6.92 Å². The second kappa shape index (κ2) is 6.32. The predicted octanol–water partition coefficient (Wildman–Crippen LogP) is 3.46. The maximum Gasteiger partial charge on any atom is 0.253 e. The minimum atomic E-state index is -0.0214. The smallest absolute Gasteiger partial charge is 0.253 e. The average Bonchev–Trinajstić information content (AvgIpc) is 2.42. The summed E-state index contributed by atoms with van der Waals surface area (Å²) >= 11 is 0. The van der Waals surface area contributed by atoms with Crippen LogP contribution in [0.5, 0.6) is 0 Å². The zero-order valence-electron chi connectivity index (χ0n) is 11.6. The first-order chi connectivity index (χ1) is 9.22. The molecule has 1 N–H and O–H groups in total. The number of carbonyl (C=O) groups is 1. The van der Waals surface area contributed by atoms with Gasteiger partial charge in [0.05, 0.1) is 16.8 Å². The van der Waals surface area contributed by atoms with Crippen LogP contribution in [0.15, 0.2) is 30.3 Å². The Labute approximate surface area is 114 Å². The predicted molar refractivity (Wildman–Crippen MR) is 78.3 cm³/mol. The first-order valence-corrected chi connectivity index (χ1v) is 6.87. The lowest BCUT2D eigenvalue weighted by Crippen LogP contribution is -2.25. The van der Waals surface area contributed by atoms with Crippen LogP contribution < -0.4 is 5.32 Å². The largest absolute Gasteiger partial charge is 0.352 e. The average molecular weight is 256 g/mol. The molecule has 0 unspecified atom stereocenters. The van der Waals surface area contributed by atoms with E-state index >= 15 is 0 Å². The van der Waals surface area contributed by atoms with Gasteiger partial charge in [0, 0.05) is 11.9 Å². The Morgan fingerprint density at radius 3 is 2.84 bits per heavy atom. The number of para-hydroxylation sites is 1. The quantitative estimate of drug-likeness (QED) is 0.832.